The number of benzene rings is 3. The lowest BCUT2D eigenvalue weighted by Gasteiger charge is -2.49. The van der Waals surface area contributed by atoms with Gasteiger partial charge in [-0.25, -0.2) is 0 Å². The Bertz CT molecular complexity index is 1660. The van der Waals surface area contributed by atoms with Gasteiger partial charge >= 0.3 is 0 Å². The van der Waals surface area contributed by atoms with Crippen LogP contribution in [0, 0.1) is 5.41 Å². The molecule has 0 amide bonds. The van der Waals surface area contributed by atoms with Gasteiger partial charge in [-0.3, -0.25) is 15.0 Å². The van der Waals surface area contributed by atoms with Gasteiger partial charge in [-0.2, -0.15) is 0 Å². The van der Waals surface area contributed by atoms with Crippen molar-refractivity contribution in [1.82, 2.24) is 4.98 Å². The molecule has 0 atom stereocenters. The summed E-state index contributed by atoms with van der Waals surface area (Å²) < 4.78 is 6.69. The Morgan fingerprint density at radius 2 is 1.38 bits per heavy atom. The number of nitrogens with zero attached hydrogens (tertiary/aromatic N) is 1. The highest BCUT2D eigenvalue weighted by molar-refractivity contribution is 8.34. The van der Waals surface area contributed by atoms with E-state index in [9.17, 15) is 0 Å². The minimum absolute atomic E-state index is 0.0284. The number of hydrogen-bond donors (Lipinski definition) is 0. The van der Waals surface area contributed by atoms with Crippen molar-refractivity contribution in [2.45, 2.75) is 30.5 Å². The summed E-state index contributed by atoms with van der Waals surface area (Å²) in [6.07, 6.45) is 9.39. The van der Waals surface area contributed by atoms with Crippen LogP contribution in [0.1, 0.15) is 31.9 Å². The number of rotatable bonds is 4. The quantitative estimate of drug-likeness (QED) is 0.342. The van der Waals surface area contributed by atoms with E-state index < -0.39 is 10.0 Å². The summed E-state index contributed by atoms with van der Waals surface area (Å²) in [6, 6.07) is 21.6. The Labute approximate surface area is 226 Å². The van der Waals surface area contributed by atoms with Gasteiger partial charge in [-0.15, -0.1) is 0 Å². The van der Waals surface area contributed by atoms with Crippen molar-refractivity contribution in [2.24, 2.45) is 5.41 Å². The molecule has 0 aliphatic rings. The fraction of sp³-hybridized carbons (Fsp3) is 0.300. The van der Waals surface area contributed by atoms with Crippen molar-refractivity contribution >= 4 is 74.1 Å². The first-order valence-electron chi connectivity index (χ1n) is 13.2. The molecule has 0 radical (unpaired) electrons. The highest BCUT2D eigenvalue weighted by Crippen LogP contribution is 2.55. The third kappa shape index (κ3) is 4.05. The van der Waals surface area contributed by atoms with Gasteiger partial charge in [-0.1, -0.05) is 74.0 Å². The van der Waals surface area contributed by atoms with Gasteiger partial charge in [-0.05, 0) is 57.9 Å². The highest BCUT2D eigenvalue weighted by Gasteiger charge is 2.41. The zero-order chi connectivity index (χ0) is 27.0. The molecular weight excluding hydrogens is 466 g/mol. The third-order valence-corrected chi connectivity index (χ3v) is 12.6. The third-order valence-electron chi connectivity index (χ3n) is 9.30. The molecule has 2 nitrogen and oxygen atoms in total. The van der Waals surface area contributed by atoms with E-state index in [-0.39, 0.29) is 15.2 Å². The summed E-state index contributed by atoms with van der Waals surface area (Å²) in [4.78, 5) is 5.12. The minimum atomic E-state index is -0.892. The average Bonchev–Trinajstić information content (AvgIpc) is 3.21. The molecule has 37 heavy (non-hydrogen) atoms. The second kappa shape index (κ2) is 8.49. The van der Waals surface area contributed by atoms with Crippen LogP contribution in [-0.4, -0.2) is 55.1 Å². The second-order valence-electron chi connectivity index (χ2n) is 13.3. The van der Waals surface area contributed by atoms with Crippen LogP contribution >= 0.6 is 10.0 Å². The molecule has 186 valence electrons. The van der Waals surface area contributed by atoms with E-state index in [0.29, 0.717) is 0 Å². The van der Waals surface area contributed by atoms with Crippen LogP contribution in [0.4, 0.5) is 0 Å². The van der Waals surface area contributed by atoms with Gasteiger partial charge in [0.15, 0.2) is 0 Å². The maximum atomic E-state index is 6.66. The lowest BCUT2D eigenvalue weighted by atomic mass is 9.39. The Morgan fingerprint density at radius 1 is 0.730 bits per heavy atom. The molecule has 5 aromatic rings. The average molecular weight is 503 g/mol. The van der Waals surface area contributed by atoms with Crippen molar-refractivity contribution in [1.29, 1.82) is 0 Å². The van der Waals surface area contributed by atoms with Gasteiger partial charge < -0.3 is 4.42 Å². The monoisotopic (exact) mass is 503 g/mol. The van der Waals surface area contributed by atoms with Crippen LogP contribution in [0.25, 0.3) is 44.0 Å². The van der Waals surface area contributed by atoms with Crippen molar-refractivity contribution < 1.29 is 4.42 Å². The predicted octanol–water partition coefficient (Wildman–Crippen LogP) is 4.34. The van der Waals surface area contributed by atoms with Crippen LogP contribution in [0.5, 0.6) is 0 Å². The number of pyridine rings is 1. The van der Waals surface area contributed by atoms with E-state index in [0.717, 1.165) is 38.6 Å². The summed E-state index contributed by atoms with van der Waals surface area (Å²) >= 11 is 0. The number of para-hydroxylation sites is 1. The molecular formula is C30H37B4NOS. The van der Waals surface area contributed by atoms with Crippen LogP contribution in [-0.2, 0) is 9.76 Å². The fourth-order valence-electron chi connectivity index (χ4n) is 5.06. The zero-order valence-corrected chi connectivity index (χ0v) is 24.9. The van der Waals surface area contributed by atoms with Crippen molar-refractivity contribution in [3.05, 3.63) is 78.0 Å². The maximum Gasteiger partial charge on any atom is 0.144 e. The molecule has 0 spiro atoms. The SMILES string of the molecule is BC(B)(c1cc(-c2cccc3c2oc2c4ccccc4ccc32)ncc1C(B)(B)S(C)(C)C)C(C)(C)C. The Kier molecular flexibility index (Phi) is 5.99. The van der Waals surface area contributed by atoms with Gasteiger partial charge in [0.1, 0.15) is 42.6 Å². The molecule has 2 aromatic heterocycles. The Balaban J connectivity index is 1.81. The standard InChI is InChI=1S/C30H37B4NOS/c1-28(2,3)29(31,32)23-16-25(35-17-24(23)30(33,34)37(4,5)6)22-13-9-12-20-21-15-14-18-10-7-8-11-19(18)26(21)36-27(20)22/h7-17H,31-34H2,1-6H3. The summed E-state index contributed by atoms with van der Waals surface area (Å²) in [7, 11) is 8.67. The predicted molar refractivity (Wildman–Crippen MR) is 177 cm³/mol. The molecule has 2 heterocycles. The van der Waals surface area contributed by atoms with E-state index in [1.807, 2.05) is 0 Å². The van der Waals surface area contributed by atoms with E-state index in [4.69, 9.17) is 9.40 Å². The Hall–Kier alpha value is -2.52. The van der Waals surface area contributed by atoms with Crippen LogP contribution in [0.15, 0.2) is 71.3 Å². The topological polar surface area (TPSA) is 26.0 Å². The molecule has 0 N–H and O–H groups in total. The smallest absolute Gasteiger partial charge is 0.144 e. The van der Waals surface area contributed by atoms with E-state index in [1.165, 1.54) is 16.5 Å². The summed E-state index contributed by atoms with van der Waals surface area (Å²) in [6.45, 7) is 7.04. The number of hydrogen-bond acceptors (Lipinski definition) is 2. The highest BCUT2D eigenvalue weighted by atomic mass is 32.3. The largest absolute Gasteiger partial charge is 0.455 e. The molecule has 3 aromatic carbocycles. The van der Waals surface area contributed by atoms with Gasteiger partial charge in [0, 0.05) is 27.9 Å². The molecule has 5 rings (SSSR count). The fourth-order valence-corrected chi connectivity index (χ4v) is 5.88. The summed E-state index contributed by atoms with van der Waals surface area (Å²) in [5.74, 6) is 0. The minimum Gasteiger partial charge on any atom is -0.455 e. The van der Waals surface area contributed by atoms with Gasteiger partial charge in [0.2, 0.25) is 0 Å². The molecule has 0 aliphatic heterocycles. The van der Waals surface area contributed by atoms with Crippen LogP contribution < -0.4 is 0 Å². The first-order chi connectivity index (χ1) is 17.1. The lowest BCUT2D eigenvalue weighted by molar-refractivity contribution is 0.357. The number of aromatic nitrogens is 1. The summed E-state index contributed by atoms with van der Waals surface area (Å²) in [5, 5.41) is 4.58. The number of fused-ring (bicyclic) bond motifs is 5. The second-order valence-corrected chi connectivity index (χ2v) is 18.0. The van der Waals surface area contributed by atoms with Crippen molar-refractivity contribution in [2.75, 3.05) is 18.8 Å². The molecule has 0 fully saturated rings. The molecule has 0 saturated heterocycles. The van der Waals surface area contributed by atoms with E-state index in [2.05, 4.69) is 138 Å². The van der Waals surface area contributed by atoms with Crippen LogP contribution in [0.3, 0.4) is 0 Å². The molecule has 0 aliphatic carbocycles. The van der Waals surface area contributed by atoms with E-state index >= 15 is 0 Å². The summed E-state index contributed by atoms with van der Waals surface area (Å²) in [5.41, 5.74) is 6.71. The van der Waals surface area contributed by atoms with E-state index in [1.54, 1.807) is 0 Å². The molecule has 7 heteroatoms. The van der Waals surface area contributed by atoms with Crippen molar-refractivity contribution in [3.63, 3.8) is 0 Å². The number of furan rings is 1. The van der Waals surface area contributed by atoms with Gasteiger partial charge in [0.05, 0.1) is 5.69 Å². The maximum absolute atomic E-state index is 6.66. The first kappa shape index (κ1) is 26.1. The normalized spacial score (nSPS) is 14.0. The van der Waals surface area contributed by atoms with Crippen molar-refractivity contribution in [3.8, 4) is 11.3 Å². The van der Waals surface area contributed by atoms with Gasteiger partial charge in [0.25, 0.3) is 0 Å². The molecule has 0 bridgehead atoms. The van der Waals surface area contributed by atoms with Crippen LogP contribution in [0.2, 0.25) is 0 Å². The molecule has 0 unspecified atom stereocenters. The Morgan fingerprint density at radius 3 is 2.05 bits per heavy atom. The molecule has 0 saturated carbocycles. The zero-order valence-electron chi connectivity index (χ0n) is 24.1. The first-order valence-corrected chi connectivity index (χ1v) is 16.0. The lowest BCUT2D eigenvalue weighted by Crippen LogP contribution is -2.45.